The van der Waals surface area contributed by atoms with E-state index in [1.54, 1.807) is 12.1 Å². The van der Waals surface area contributed by atoms with Crippen molar-refractivity contribution in [2.45, 2.75) is 45.5 Å². The van der Waals surface area contributed by atoms with Crippen LogP contribution in [0.25, 0.3) is 11.3 Å². The first kappa shape index (κ1) is 27.4. The molecule has 1 N–H and O–H groups in total. The van der Waals surface area contributed by atoms with Gasteiger partial charge in [-0.25, -0.2) is 4.98 Å². The Labute approximate surface area is 234 Å². The topological polar surface area (TPSA) is 81.9 Å². The van der Waals surface area contributed by atoms with Gasteiger partial charge < -0.3 is 14.6 Å². The molecule has 0 aliphatic rings. The first-order chi connectivity index (χ1) is 17.8. The SMILES string of the molecule is CCc1ccc(OCc2nnc(SCC(=O)Nc3nc(-c4ccc(Cl)c(Cl)c4)cs3)n2CC(C)C)cc1. The molecule has 7 nitrogen and oxygen atoms in total. The Hall–Kier alpha value is -2.59. The Morgan fingerprint density at radius 1 is 1.14 bits per heavy atom. The largest absolute Gasteiger partial charge is 0.486 e. The molecule has 0 saturated heterocycles. The number of thiazole rings is 1. The highest BCUT2D eigenvalue weighted by Crippen LogP contribution is 2.30. The zero-order chi connectivity index (χ0) is 26.4. The number of carbonyl (C=O) groups excluding carboxylic acids is 1. The van der Waals surface area contributed by atoms with Crippen molar-refractivity contribution in [1.82, 2.24) is 19.7 Å². The average molecular weight is 577 g/mol. The van der Waals surface area contributed by atoms with Gasteiger partial charge in [-0.05, 0) is 42.2 Å². The number of thioether (sulfide) groups is 1. The van der Waals surface area contributed by atoms with Crippen LogP contribution >= 0.6 is 46.3 Å². The Bertz CT molecular complexity index is 1360. The first-order valence-corrected chi connectivity index (χ1v) is 14.4. The molecule has 0 aliphatic carbocycles. The summed E-state index contributed by atoms with van der Waals surface area (Å²) >= 11 is 14.8. The van der Waals surface area contributed by atoms with E-state index in [1.165, 1.54) is 28.7 Å². The molecule has 0 spiro atoms. The summed E-state index contributed by atoms with van der Waals surface area (Å²) in [6, 6.07) is 13.4. The van der Waals surface area contributed by atoms with Crippen molar-refractivity contribution in [3.05, 3.63) is 69.3 Å². The number of aryl methyl sites for hydroxylation is 1. The second kappa shape index (κ2) is 12.8. The molecule has 194 valence electrons. The molecule has 0 saturated carbocycles. The summed E-state index contributed by atoms with van der Waals surface area (Å²) in [6.45, 7) is 7.40. The smallest absolute Gasteiger partial charge is 0.236 e. The lowest BCUT2D eigenvalue weighted by Crippen LogP contribution is -2.16. The van der Waals surface area contributed by atoms with Crippen molar-refractivity contribution in [3.8, 4) is 17.0 Å². The maximum absolute atomic E-state index is 12.6. The van der Waals surface area contributed by atoms with E-state index in [-0.39, 0.29) is 11.7 Å². The summed E-state index contributed by atoms with van der Waals surface area (Å²) in [6.07, 6.45) is 0.984. The van der Waals surface area contributed by atoms with Crippen LogP contribution in [0.5, 0.6) is 5.75 Å². The summed E-state index contributed by atoms with van der Waals surface area (Å²) in [5, 5.41) is 15.5. The zero-order valence-electron chi connectivity index (χ0n) is 20.7. The standard InChI is InChI=1S/C26H27Cl2N5O2S2/c1-4-17-5-8-19(9-6-17)35-13-23-31-32-26(33(23)12-16(2)3)37-15-24(34)30-25-29-22(14-36-25)18-7-10-20(27)21(28)11-18/h5-11,14,16H,4,12-13,15H2,1-3H3,(H,29,30,34). The van der Waals surface area contributed by atoms with Gasteiger partial charge in [0, 0.05) is 17.5 Å². The van der Waals surface area contributed by atoms with Gasteiger partial charge in [0.1, 0.15) is 12.4 Å². The van der Waals surface area contributed by atoms with Crippen molar-refractivity contribution in [3.63, 3.8) is 0 Å². The van der Waals surface area contributed by atoms with E-state index in [0.717, 1.165) is 35.8 Å². The highest BCUT2D eigenvalue weighted by Gasteiger charge is 2.17. The van der Waals surface area contributed by atoms with Crippen LogP contribution in [-0.4, -0.2) is 31.4 Å². The number of aromatic nitrogens is 4. The van der Waals surface area contributed by atoms with Crippen molar-refractivity contribution >= 4 is 57.3 Å². The number of ether oxygens (including phenoxy) is 1. The predicted molar refractivity (Wildman–Crippen MR) is 152 cm³/mol. The fourth-order valence-electron chi connectivity index (χ4n) is 3.45. The van der Waals surface area contributed by atoms with Crippen LogP contribution in [0.2, 0.25) is 10.0 Å². The number of nitrogens with one attached hydrogen (secondary N) is 1. The van der Waals surface area contributed by atoms with Gasteiger partial charge in [0.2, 0.25) is 5.91 Å². The van der Waals surface area contributed by atoms with Crippen LogP contribution in [0.3, 0.4) is 0 Å². The van der Waals surface area contributed by atoms with Crippen molar-refractivity contribution in [1.29, 1.82) is 0 Å². The van der Waals surface area contributed by atoms with E-state index in [2.05, 4.69) is 53.4 Å². The minimum Gasteiger partial charge on any atom is -0.486 e. The second-order valence-corrected chi connectivity index (χ2v) is 11.3. The van der Waals surface area contributed by atoms with E-state index in [4.69, 9.17) is 27.9 Å². The number of nitrogens with zero attached hydrogens (tertiary/aromatic N) is 4. The molecule has 2 aromatic carbocycles. The minimum atomic E-state index is -0.173. The molecule has 1 amide bonds. The summed E-state index contributed by atoms with van der Waals surface area (Å²) < 4.78 is 7.97. The lowest BCUT2D eigenvalue weighted by atomic mass is 10.2. The minimum absolute atomic E-state index is 0.173. The van der Waals surface area contributed by atoms with Gasteiger partial charge in [-0.1, -0.05) is 73.9 Å². The normalized spacial score (nSPS) is 11.2. The highest BCUT2D eigenvalue weighted by atomic mass is 35.5. The number of anilines is 1. The Morgan fingerprint density at radius 3 is 2.62 bits per heavy atom. The van der Waals surface area contributed by atoms with Crippen LogP contribution in [0.4, 0.5) is 5.13 Å². The molecule has 0 aliphatic heterocycles. The van der Waals surface area contributed by atoms with E-state index in [9.17, 15) is 4.79 Å². The highest BCUT2D eigenvalue weighted by molar-refractivity contribution is 7.99. The van der Waals surface area contributed by atoms with Gasteiger partial charge >= 0.3 is 0 Å². The average Bonchev–Trinajstić information content (AvgIpc) is 3.50. The van der Waals surface area contributed by atoms with E-state index < -0.39 is 0 Å². The maximum atomic E-state index is 12.6. The second-order valence-electron chi connectivity index (χ2n) is 8.69. The van der Waals surface area contributed by atoms with E-state index >= 15 is 0 Å². The number of benzene rings is 2. The number of amides is 1. The summed E-state index contributed by atoms with van der Waals surface area (Å²) in [5.74, 6) is 1.89. The van der Waals surface area contributed by atoms with Gasteiger partial charge in [-0.2, -0.15) is 0 Å². The number of carbonyl (C=O) groups is 1. The Morgan fingerprint density at radius 2 is 1.92 bits per heavy atom. The molecule has 0 unspecified atom stereocenters. The molecule has 0 fully saturated rings. The summed E-state index contributed by atoms with van der Waals surface area (Å²) in [5.41, 5.74) is 2.81. The quantitative estimate of drug-likeness (QED) is 0.190. The van der Waals surface area contributed by atoms with Crippen LogP contribution in [-0.2, 0) is 24.4 Å². The molecule has 2 aromatic heterocycles. The number of rotatable bonds is 11. The fourth-order valence-corrected chi connectivity index (χ4v) is 5.26. The monoisotopic (exact) mass is 575 g/mol. The van der Waals surface area contributed by atoms with Crippen molar-refractivity contribution in [2.24, 2.45) is 5.92 Å². The molecule has 0 bridgehead atoms. The third-order valence-corrected chi connectivity index (χ3v) is 7.80. The van der Waals surface area contributed by atoms with Gasteiger partial charge in [0.05, 0.1) is 21.5 Å². The molecule has 4 rings (SSSR count). The van der Waals surface area contributed by atoms with Crippen LogP contribution in [0, 0.1) is 5.92 Å². The van der Waals surface area contributed by atoms with Gasteiger partial charge in [0.25, 0.3) is 0 Å². The maximum Gasteiger partial charge on any atom is 0.236 e. The molecule has 11 heteroatoms. The lowest BCUT2D eigenvalue weighted by Gasteiger charge is -2.13. The predicted octanol–water partition coefficient (Wildman–Crippen LogP) is 7.24. The van der Waals surface area contributed by atoms with Gasteiger partial charge in [0.15, 0.2) is 16.1 Å². The van der Waals surface area contributed by atoms with Gasteiger partial charge in [-0.3, -0.25) is 4.79 Å². The summed E-state index contributed by atoms with van der Waals surface area (Å²) in [7, 11) is 0. The van der Waals surface area contributed by atoms with E-state index in [1.807, 2.05) is 28.1 Å². The number of hydrogen-bond acceptors (Lipinski definition) is 7. The zero-order valence-corrected chi connectivity index (χ0v) is 23.8. The first-order valence-electron chi connectivity index (χ1n) is 11.8. The number of halogens is 2. The van der Waals surface area contributed by atoms with Crippen LogP contribution in [0.15, 0.2) is 53.0 Å². The third-order valence-electron chi connectivity index (χ3n) is 5.34. The molecule has 2 heterocycles. The number of hydrogen-bond donors (Lipinski definition) is 1. The van der Waals surface area contributed by atoms with Crippen LogP contribution in [0.1, 0.15) is 32.2 Å². The Balaban J connectivity index is 1.36. The van der Waals surface area contributed by atoms with Crippen LogP contribution < -0.4 is 10.1 Å². The third kappa shape index (κ3) is 7.47. The lowest BCUT2D eigenvalue weighted by molar-refractivity contribution is -0.113. The fraction of sp³-hybridized carbons (Fsp3) is 0.308. The summed E-state index contributed by atoms with van der Waals surface area (Å²) in [4.78, 5) is 17.1. The van der Waals surface area contributed by atoms with E-state index in [0.29, 0.717) is 32.9 Å². The molecular formula is C26H27Cl2N5O2S2. The molecule has 0 atom stereocenters. The molecule has 37 heavy (non-hydrogen) atoms. The van der Waals surface area contributed by atoms with Gasteiger partial charge in [-0.15, -0.1) is 21.5 Å². The molecule has 4 aromatic rings. The Kier molecular flexibility index (Phi) is 9.48. The van der Waals surface area contributed by atoms with Crippen molar-refractivity contribution < 1.29 is 9.53 Å². The van der Waals surface area contributed by atoms with Crippen molar-refractivity contribution in [2.75, 3.05) is 11.1 Å². The molecular weight excluding hydrogens is 549 g/mol. The molecule has 0 radical (unpaired) electrons.